The Balaban J connectivity index is 1.75. The van der Waals surface area contributed by atoms with Gasteiger partial charge in [-0.15, -0.1) is 0 Å². The lowest BCUT2D eigenvalue weighted by Crippen LogP contribution is -2.29. The number of amides is 1. The molecule has 0 bridgehead atoms. The molecule has 2 heterocycles. The zero-order valence-corrected chi connectivity index (χ0v) is 19.0. The SMILES string of the molecule is O=C1C(=O)N(c2nc3ccc(Cl)cc3s2)C(c2ccccc2F)C1=C(O)c1ccc(Cl)cc1. The smallest absolute Gasteiger partial charge is 0.301 e. The number of carbonyl (C=O) groups excluding carboxylic acids is 2. The number of nitrogens with zero attached hydrogens (tertiary/aromatic N) is 2. The van der Waals surface area contributed by atoms with E-state index in [2.05, 4.69) is 4.98 Å². The Labute approximate surface area is 201 Å². The summed E-state index contributed by atoms with van der Waals surface area (Å²) in [7, 11) is 0. The molecule has 1 amide bonds. The second kappa shape index (κ2) is 8.26. The lowest BCUT2D eigenvalue weighted by molar-refractivity contribution is -0.132. The molecule has 1 fully saturated rings. The fourth-order valence-corrected chi connectivity index (χ4v) is 5.17. The fraction of sp³-hybridized carbons (Fsp3) is 0.0417. The molecule has 0 aliphatic carbocycles. The number of ketones is 1. The van der Waals surface area contributed by atoms with Crippen molar-refractivity contribution >= 4 is 67.3 Å². The summed E-state index contributed by atoms with van der Waals surface area (Å²) >= 11 is 13.1. The van der Waals surface area contributed by atoms with Gasteiger partial charge in [0.2, 0.25) is 0 Å². The van der Waals surface area contributed by atoms with Crippen LogP contribution in [0.5, 0.6) is 0 Å². The highest BCUT2D eigenvalue weighted by atomic mass is 35.5. The van der Waals surface area contributed by atoms with Gasteiger partial charge in [0.25, 0.3) is 5.78 Å². The van der Waals surface area contributed by atoms with Gasteiger partial charge in [-0.3, -0.25) is 14.5 Å². The quantitative estimate of drug-likeness (QED) is 0.202. The molecule has 1 atom stereocenters. The molecule has 1 saturated heterocycles. The van der Waals surface area contributed by atoms with Crippen LogP contribution in [0, 0.1) is 5.82 Å². The van der Waals surface area contributed by atoms with E-state index in [4.69, 9.17) is 23.2 Å². The van der Waals surface area contributed by atoms with E-state index in [0.29, 0.717) is 20.3 Å². The number of aliphatic hydroxyl groups is 1. The molecule has 5 rings (SSSR count). The summed E-state index contributed by atoms with van der Waals surface area (Å²) in [6.45, 7) is 0. The second-order valence-corrected chi connectivity index (χ2v) is 9.19. The minimum Gasteiger partial charge on any atom is -0.507 e. The Morgan fingerprint density at radius 2 is 1.70 bits per heavy atom. The molecule has 1 unspecified atom stereocenters. The first-order chi connectivity index (χ1) is 15.8. The van der Waals surface area contributed by atoms with Crippen LogP contribution in [-0.4, -0.2) is 21.8 Å². The van der Waals surface area contributed by atoms with Crippen LogP contribution in [0.3, 0.4) is 0 Å². The van der Waals surface area contributed by atoms with Crippen molar-refractivity contribution in [2.24, 2.45) is 0 Å². The third-order valence-electron chi connectivity index (χ3n) is 5.31. The maximum atomic E-state index is 14.9. The van der Waals surface area contributed by atoms with E-state index < -0.39 is 29.3 Å². The number of thiazole rings is 1. The zero-order valence-electron chi connectivity index (χ0n) is 16.6. The van der Waals surface area contributed by atoms with Crippen molar-refractivity contribution in [3.8, 4) is 0 Å². The summed E-state index contributed by atoms with van der Waals surface area (Å²) in [5.41, 5.74) is 0.676. The van der Waals surface area contributed by atoms with E-state index >= 15 is 0 Å². The predicted molar refractivity (Wildman–Crippen MR) is 127 cm³/mol. The summed E-state index contributed by atoms with van der Waals surface area (Å²) in [5, 5.41) is 12.2. The molecule has 1 N–H and O–H groups in total. The second-order valence-electron chi connectivity index (χ2n) is 7.31. The van der Waals surface area contributed by atoms with Gasteiger partial charge < -0.3 is 5.11 Å². The van der Waals surface area contributed by atoms with Crippen molar-refractivity contribution in [2.45, 2.75) is 6.04 Å². The number of aromatic nitrogens is 1. The van der Waals surface area contributed by atoms with Gasteiger partial charge in [-0.25, -0.2) is 9.37 Å². The lowest BCUT2D eigenvalue weighted by Gasteiger charge is -2.23. The lowest BCUT2D eigenvalue weighted by atomic mass is 9.95. The van der Waals surface area contributed by atoms with Crippen molar-refractivity contribution in [2.75, 3.05) is 4.90 Å². The summed E-state index contributed by atoms with van der Waals surface area (Å²) in [6.07, 6.45) is 0. The topological polar surface area (TPSA) is 70.5 Å². The summed E-state index contributed by atoms with van der Waals surface area (Å²) in [4.78, 5) is 31.9. The van der Waals surface area contributed by atoms with Crippen molar-refractivity contribution in [3.05, 3.63) is 99.3 Å². The monoisotopic (exact) mass is 498 g/mol. The Morgan fingerprint density at radius 1 is 1.00 bits per heavy atom. The van der Waals surface area contributed by atoms with E-state index in [1.54, 1.807) is 36.4 Å². The van der Waals surface area contributed by atoms with Gasteiger partial charge in [0, 0.05) is 21.2 Å². The van der Waals surface area contributed by atoms with Gasteiger partial charge in [0.1, 0.15) is 17.6 Å². The molecule has 9 heteroatoms. The van der Waals surface area contributed by atoms with Crippen LogP contribution < -0.4 is 4.90 Å². The number of fused-ring (bicyclic) bond motifs is 1. The van der Waals surface area contributed by atoms with Gasteiger partial charge in [0.05, 0.1) is 15.8 Å². The van der Waals surface area contributed by atoms with Crippen LogP contribution in [0.1, 0.15) is 17.2 Å². The average molecular weight is 499 g/mol. The molecule has 3 aromatic carbocycles. The zero-order chi connectivity index (χ0) is 23.3. The van der Waals surface area contributed by atoms with E-state index in [1.807, 2.05) is 0 Å². The van der Waals surface area contributed by atoms with Gasteiger partial charge in [-0.05, 0) is 48.5 Å². The van der Waals surface area contributed by atoms with E-state index in [9.17, 15) is 19.1 Å². The highest BCUT2D eigenvalue weighted by molar-refractivity contribution is 7.22. The van der Waals surface area contributed by atoms with E-state index in [-0.39, 0.29) is 21.8 Å². The van der Waals surface area contributed by atoms with Crippen molar-refractivity contribution in [1.29, 1.82) is 0 Å². The average Bonchev–Trinajstić information content (AvgIpc) is 3.32. The molecule has 164 valence electrons. The molecule has 33 heavy (non-hydrogen) atoms. The van der Waals surface area contributed by atoms with Crippen LogP contribution in [-0.2, 0) is 9.59 Å². The summed E-state index contributed by atoms with van der Waals surface area (Å²) in [6, 6.07) is 15.8. The number of carbonyl (C=O) groups is 2. The van der Waals surface area contributed by atoms with Gasteiger partial charge in [-0.2, -0.15) is 0 Å². The molecule has 5 nitrogen and oxygen atoms in total. The highest BCUT2D eigenvalue weighted by Gasteiger charge is 2.49. The van der Waals surface area contributed by atoms with Crippen LogP contribution in [0.25, 0.3) is 16.0 Å². The number of hydrogen-bond donors (Lipinski definition) is 1. The summed E-state index contributed by atoms with van der Waals surface area (Å²) < 4.78 is 15.6. The molecule has 0 saturated carbocycles. The Bertz CT molecular complexity index is 1470. The van der Waals surface area contributed by atoms with Crippen molar-refractivity contribution in [3.63, 3.8) is 0 Å². The predicted octanol–water partition coefficient (Wildman–Crippen LogP) is 6.37. The highest BCUT2D eigenvalue weighted by Crippen LogP contribution is 2.45. The number of aliphatic hydroxyl groups excluding tert-OH is 1. The van der Waals surface area contributed by atoms with E-state index in [1.165, 1.54) is 30.3 Å². The number of halogens is 3. The number of Topliss-reactive ketones (excluding diaryl/α,β-unsaturated/α-hetero) is 1. The van der Waals surface area contributed by atoms with Gasteiger partial charge in [0.15, 0.2) is 5.13 Å². The maximum Gasteiger partial charge on any atom is 0.301 e. The number of benzene rings is 3. The Kier molecular flexibility index (Phi) is 5.40. The largest absolute Gasteiger partial charge is 0.507 e. The van der Waals surface area contributed by atoms with Gasteiger partial charge in [-0.1, -0.05) is 52.7 Å². The minimum absolute atomic E-state index is 0.0597. The third kappa shape index (κ3) is 3.68. The Morgan fingerprint density at radius 3 is 2.42 bits per heavy atom. The molecule has 1 aliphatic rings. The first-order valence-corrected chi connectivity index (χ1v) is 11.3. The third-order valence-corrected chi connectivity index (χ3v) is 6.81. The number of hydrogen-bond acceptors (Lipinski definition) is 5. The molecule has 1 aromatic heterocycles. The van der Waals surface area contributed by atoms with Crippen LogP contribution in [0.4, 0.5) is 9.52 Å². The fourth-order valence-electron chi connectivity index (χ4n) is 3.77. The molecular weight excluding hydrogens is 486 g/mol. The molecule has 0 spiro atoms. The normalized spacial score (nSPS) is 17.8. The van der Waals surface area contributed by atoms with Crippen molar-refractivity contribution in [1.82, 2.24) is 4.98 Å². The van der Waals surface area contributed by atoms with Crippen LogP contribution >= 0.6 is 34.5 Å². The molecular formula is C24H13Cl2FN2O3S. The first kappa shape index (κ1) is 21.6. The summed E-state index contributed by atoms with van der Waals surface area (Å²) in [5.74, 6) is -2.90. The van der Waals surface area contributed by atoms with Crippen molar-refractivity contribution < 1.29 is 19.1 Å². The van der Waals surface area contributed by atoms with E-state index in [0.717, 1.165) is 16.2 Å². The van der Waals surface area contributed by atoms with Crippen LogP contribution in [0.15, 0.2) is 72.3 Å². The first-order valence-electron chi connectivity index (χ1n) is 9.72. The van der Waals surface area contributed by atoms with Gasteiger partial charge >= 0.3 is 5.91 Å². The number of anilines is 1. The maximum absolute atomic E-state index is 14.9. The number of rotatable bonds is 3. The standard InChI is InChI=1S/C24H13Cl2FN2O3S/c25-13-7-5-12(6-8-13)21(30)19-20(15-3-1-2-4-16(15)27)29(23(32)22(19)31)24-28-17-10-9-14(26)11-18(17)33-24/h1-11,20,30H. The molecule has 4 aromatic rings. The molecule has 0 radical (unpaired) electrons. The minimum atomic E-state index is -1.21. The Hall–Kier alpha value is -3.26. The molecule has 1 aliphatic heterocycles. The van der Waals surface area contributed by atoms with Crippen LogP contribution in [0.2, 0.25) is 10.0 Å².